The van der Waals surface area contributed by atoms with E-state index in [1.165, 1.54) is 4.90 Å². The third kappa shape index (κ3) is 6.35. The number of nitrogens with two attached hydrogens (primary N) is 1. The van der Waals surface area contributed by atoms with Crippen molar-refractivity contribution in [1.82, 2.24) is 20.5 Å². The molecule has 0 spiro atoms. The van der Waals surface area contributed by atoms with Crippen LogP contribution < -0.4 is 16.4 Å². The van der Waals surface area contributed by atoms with Gasteiger partial charge in [-0.25, -0.2) is 4.79 Å². The topological polar surface area (TPSA) is 195 Å². The standard InChI is InChI=1S/C23H29N5O7/c24-11-19(29)28-9-3-6-18(28)22(33)26-16(7-8-20(30)31)21(32)27-17(23(34)35)10-13-12-25-15-5-2-1-4-14(13)15/h1-2,4-5,12,16-18,25H,3,6-11,24H2,(H,26,33)(H,27,32)(H,30,31)(H,34,35). The number of nitrogens with zero attached hydrogens (tertiary/aromatic N) is 1. The minimum absolute atomic E-state index is 0.0217. The first-order valence-electron chi connectivity index (χ1n) is 11.3. The molecular formula is C23H29N5O7. The van der Waals surface area contributed by atoms with E-state index in [0.717, 1.165) is 10.9 Å². The van der Waals surface area contributed by atoms with Crippen LogP contribution in [0.3, 0.4) is 0 Å². The number of aromatic nitrogens is 1. The van der Waals surface area contributed by atoms with E-state index in [-0.39, 0.29) is 19.4 Å². The van der Waals surface area contributed by atoms with Gasteiger partial charge in [-0.15, -0.1) is 0 Å². The van der Waals surface area contributed by atoms with Crippen LogP contribution >= 0.6 is 0 Å². The third-order valence-corrected chi connectivity index (χ3v) is 6.04. The van der Waals surface area contributed by atoms with E-state index < -0.39 is 54.2 Å². The highest BCUT2D eigenvalue weighted by Gasteiger charge is 2.36. The summed E-state index contributed by atoms with van der Waals surface area (Å²) < 4.78 is 0. The Balaban J connectivity index is 1.73. The molecule has 0 saturated carbocycles. The van der Waals surface area contributed by atoms with Crippen LogP contribution in [0.4, 0.5) is 0 Å². The van der Waals surface area contributed by atoms with Gasteiger partial charge in [0, 0.05) is 36.5 Å². The molecule has 12 nitrogen and oxygen atoms in total. The molecule has 1 aromatic carbocycles. The molecular weight excluding hydrogens is 458 g/mol. The van der Waals surface area contributed by atoms with Gasteiger partial charge in [-0.1, -0.05) is 18.2 Å². The van der Waals surface area contributed by atoms with Crippen LogP contribution in [0.5, 0.6) is 0 Å². The second-order valence-corrected chi connectivity index (χ2v) is 8.41. The normalized spacial score (nSPS) is 17.1. The Morgan fingerprint density at radius 3 is 2.54 bits per heavy atom. The van der Waals surface area contributed by atoms with Crippen LogP contribution in [0, 0.1) is 0 Å². The van der Waals surface area contributed by atoms with Gasteiger partial charge in [0.1, 0.15) is 18.1 Å². The lowest BCUT2D eigenvalue weighted by Crippen LogP contribution is -2.56. The van der Waals surface area contributed by atoms with Crippen molar-refractivity contribution >= 4 is 40.6 Å². The summed E-state index contributed by atoms with van der Waals surface area (Å²) in [7, 11) is 0. The molecule has 1 aromatic heterocycles. The smallest absolute Gasteiger partial charge is 0.326 e. The van der Waals surface area contributed by atoms with E-state index in [1.54, 1.807) is 6.20 Å². The summed E-state index contributed by atoms with van der Waals surface area (Å²) in [6.45, 7) is 0.0899. The van der Waals surface area contributed by atoms with Crippen molar-refractivity contribution in [2.45, 2.75) is 50.2 Å². The minimum atomic E-state index is -1.31. The zero-order valence-corrected chi connectivity index (χ0v) is 19.0. The van der Waals surface area contributed by atoms with Crippen molar-refractivity contribution in [2.24, 2.45) is 5.73 Å². The van der Waals surface area contributed by atoms with Crippen LogP contribution in [0.1, 0.15) is 31.2 Å². The predicted octanol–water partition coefficient (Wildman–Crippen LogP) is -0.421. The Morgan fingerprint density at radius 2 is 1.86 bits per heavy atom. The largest absolute Gasteiger partial charge is 0.481 e. The number of carboxylic acids is 2. The van der Waals surface area contributed by atoms with Crippen LogP contribution in [0.15, 0.2) is 30.5 Å². The van der Waals surface area contributed by atoms with E-state index in [4.69, 9.17) is 10.8 Å². The summed E-state index contributed by atoms with van der Waals surface area (Å²) >= 11 is 0. The average Bonchev–Trinajstić information content (AvgIpc) is 3.48. The zero-order chi connectivity index (χ0) is 25.5. The maximum Gasteiger partial charge on any atom is 0.326 e. The van der Waals surface area contributed by atoms with E-state index in [2.05, 4.69) is 15.6 Å². The van der Waals surface area contributed by atoms with Crippen molar-refractivity contribution in [3.05, 3.63) is 36.0 Å². The second-order valence-electron chi connectivity index (χ2n) is 8.41. The number of nitrogens with one attached hydrogen (secondary N) is 3. The minimum Gasteiger partial charge on any atom is -0.481 e. The van der Waals surface area contributed by atoms with Crippen molar-refractivity contribution in [1.29, 1.82) is 0 Å². The molecule has 3 atom stereocenters. The molecule has 7 N–H and O–H groups in total. The van der Waals surface area contributed by atoms with Crippen LogP contribution in [-0.2, 0) is 30.4 Å². The van der Waals surface area contributed by atoms with E-state index >= 15 is 0 Å². The van der Waals surface area contributed by atoms with E-state index in [9.17, 15) is 29.1 Å². The fraction of sp³-hybridized carbons (Fsp3) is 0.435. The number of para-hydroxylation sites is 1. The van der Waals surface area contributed by atoms with Gasteiger partial charge in [0.2, 0.25) is 17.7 Å². The number of fused-ring (bicyclic) bond motifs is 1. The number of aliphatic carboxylic acids is 2. The molecule has 3 rings (SSSR count). The fourth-order valence-electron chi connectivity index (χ4n) is 4.25. The third-order valence-electron chi connectivity index (χ3n) is 6.04. The SMILES string of the molecule is NCC(=O)N1CCCC1C(=O)NC(CCC(=O)O)C(=O)NC(Cc1c[nH]c2ccccc12)C(=O)O. The zero-order valence-electron chi connectivity index (χ0n) is 19.0. The van der Waals surface area contributed by atoms with Crippen LogP contribution in [0.2, 0.25) is 0 Å². The highest BCUT2D eigenvalue weighted by Crippen LogP contribution is 2.20. The number of rotatable bonds is 11. The number of amides is 3. The lowest BCUT2D eigenvalue weighted by atomic mass is 10.0. The summed E-state index contributed by atoms with van der Waals surface area (Å²) in [4.78, 5) is 65.3. The quantitative estimate of drug-likeness (QED) is 0.246. The molecule has 1 aliphatic rings. The Kier molecular flexibility index (Phi) is 8.42. The molecule has 188 valence electrons. The number of hydrogen-bond donors (Lipinski definition) is 6. The Bertz CT molecular complexity index is 1110. The molecule has 0 bridgehead atoms. The summed E-state index contributed by atoms with van der Waals surface area (Å²) in [6.07, 6.45) is 1.94. The van der Waals surface area contributed by atoms with Gasteiger partial charge in [0.15, 0.2) is 0 Å². The molecule has 1 fully saturated rings. The Morgan fingerprint density at radius 1 is 1.11 bits per heavy atom. The van der Waals surface area contributed by atoms with Gasteiger partial charge in [0.05, 0.1) is 6.54 Å². The van der Waals surface area contributed by atoms with Gasteiger partial charge in [-0.2, -0.15) is 0 Å². The molecule has 2 aromatic rings. The van der Waals surface area contributed by atoms with Crippen molar-refractivity contribution in [2.75, 3.05) is 13.1 Å². The molecule has 2 heterocycles. The monoisotopic (exact) mass is 487 g/mol. The summed E-state index contributed by atoms with van der Waals surface area (Å²) in [6, 6.07) is 3.88. The lowest BCUT2D eigenvalue weighted by molar-refractivity contribution is -0.143. The molecule has 0 radical (unpaired) electrons. The summed E-state index contributed by atoms with van der Waals surface area (Å²) in [5, 5.41) is 24.5. The number of H-pyrrole nitrogens is 1. The first-order chi connectivity index (χ1) is 16.7. The molecule has 12 heteroatoms. The molecule has 0 aliphatic carbocycles. The number of carbonyl (C=O) groups is 5. The summed E-state index contributed by atoms with van der Waals surface area (Å²) in [5.74, 6) is -4.28. The molecule has 3 amide bonds. The van der Waals surface area contributed by atoms with Crippen molar-refractivity contribution in [3.8, 4) is 0 Å². The average molecular weight is 488 g/mol. The first kappa shape index (κ1) is 25.7. The molecule has 3 unspecified atom stereocenters. The highest BCUT2D eigenvalue weighted by atomic mass is 16.4. The number of aromatic amines is 1. The molecule has 1 aliphatic heterocycles. The van der Waals surface area contributed by atoms with Crippen LogP contribution in [0.25, 0.3) is 10.9 Å². The number of benzene rings is 1. The van der Waals surface area contributed by atoms with Gasteiger partial charge >= 0.3 is 11.9 Å². The van der Waals surface area contributed by atoms with Crippen molar-refractivity contribution < 1.29 is 34.2 Å². The number of likely N-dealkylation sites (tertiary alicyclic amines) is 1. The van der Waals surface area contributed by atoms with E-state index in [1.807, 2.05) is 24.3 Å². The number of hydrogen-bond acceptors (Lipinski definition) is 6. The van der Waals surface area contributed by atoms with Crippen LogP contribution in [-0.4, -0.2) is 81.0 Å². The number of carbonyl (C=O) groups excluding carboxylic acids is 3. The molecule has 1 saturated heterocycles. The van der Waals surface area contributed by atoms with Gasteiger partial charge < -0.3 is 36.5 Å². The Labute approximate surface area is 200 Å². The summed E-state index contributed by atoms with van der Waals surface area (Å²) in [5.41, 5.74) is 6.91. The lowest BCUT2D eigenvalue weighted by Gasteiger charge is -2.26. The maximum absolute atomic E-state index is 13.0. The number of carboxylic acid groups (broad SMARTS) is 2. The van der Waals surface area contributed by atoms with Crippen molar-refractivity contribution in [3.63, 3.8) is 0 Å². The predicted molar refractivity (Wildman–Crippen MR) is 124 cm³/mol. The Hall–Kier alpha value is -3.93. The maximum atomic E-state index is 13.0. The van der Waals surface area contributed by atoms with Gasteiger partial charge in [-0.05, 0) is 30.9 Å². The van der Waals surface area contributed by atoms with E-state index in [0.29, 0.717) is 24.9 Å². The molecule has 35 heavy (non-hydrogen) atoms. The van der Waals surface area contributed by atoms with Gasteiger partial charge in [0.25, 0.3) is 0 Å². The fourth-order valence-corrected chi connectivity index (χ4v) is 4.25. The van der Waals surface area contributed by atoms with Gasteiger partial charge in [-0.3, -0.25) is 19.2 Å². The first-order valence-corrected chi connectivity index (χ1v) is 11.3. The second kappa shape index (κ2) is 11.5. The highest BCUT2D eigenvalue weighted by molar-refractivity contribution is 5.94.